The third kappa shape index (κ3) is 3.98. The Labute approximate surface area is 124 Å². The van der Waals surface area contributed by atoms with Crippen LogP contribution in [0.15, 0.2) is 46.9 Å². The molecular formula is C14H12BrClN2O. The zero-order valence-electron chi connectivity index (χ0n) is 9.99. The van der Waals surface area contributed by atoms with E-state index in [2.05, 4.69) is 21.2 Å². The molecule has 0 aliphatic carbocycles. The summed E-state index contributed by atoms with van der Waals surface area (Å²) in [5, 5.41) is 3.21. The summed E-state index contributed by atoms with van der Waals surface area (Å²) in [5.41, 5.74) is 7.69. The highest BCUT2D eigenvalue weighted by Crippen LogP contribution is 2.22. The third-order valence-corrected chi connectivity index (χ3v) is 3.42. The molecule has 0 saturated heterocycles. The number of anilines is 2. The molecule has 0 unspecified atom stereocenters. The van der Waals surface area contributed by atoms with Gasteiger partial charge in [-0.2, -0.15) is 0 Å². The van der Waals surface area contributed by atoms with Crippen LogP contribution in [0.25, 0.3) is 0 Å². The second-order valence-corrected chi connectivity index (χ2v) is 5.41. The minimum absolute atomic E-state index is 0.0943. The van der Waals surface area contributed by atoms with Gasteiger partial charge in [0.1, 0.15) is 0 Å². The van der Waals surface area contributed by atoms with E-state index in [9.17, 15) is 4.79 Å². The summed E-state index contributed by atoms with van der Waals surface area (Å²) in [6.07, 6.45) is 0.315. The van der Waals surface area contributed by atoms with E-state index >= 15 is 0 Å². The Hall–Kier alpha value is -1.52. The van der Waals surface area contributed by atoms with E-state index in [1.54, 1.807) is 18.2 Å². The molecule has 0 aromatic heterocycles. The van der Waals surface area contributed by atoms with Gasteiger partial charge in [0.15, 0.2) is 0 Å². The number of benzene rings is 2. The fraction of sp³-hybridized carbons (Fsp3) is 0.0714. The van der Waals surface area contributed by atoms with Crippen molar-refractivity contribution in [1.82, 2.24) is 0 Å². The number of nitrogens with one attached hydrogen (secondary N) is 1. The molecule has 2 aromatic rings. The molecule has 0 atom stereocenters. The molecule has 19 heavy (non-hydrogen) atoms. The van der Waals surface area contributed by atoms with E-state index in [1.807, 2.05) is 24.3 Å². The molecule has 0 radical (unpaired) electrons. The molecule has 3 nitrogen and oxygen atoms in total. The van der Waals surface area contributed by atoms with Crippen LogP contribution < -0.4 is 11.1 Å². The smallest absolute Gasteiger partial charge is 0.228 e. The topological polar surface area (TPSA) is 55.1 Å². The van der Waals surface area contributed by atoms with Gasteiger partial charge >= 0.3 is 0 Å². The Morgan fingerprint density at radius 2 is 1.89 bits per heavy atom. The lowest BCUT2D eigenvalue weighted by Crippen LogP contribution is -2.14. The zero-order valence-corrected chi connectivity index (χ0v) is 12.3. The molecular weight excluding hydrogens is 328 g/mol. The van der Waals surface area contributed by atoms with Gasteiger partial charge in [-0.3, -0.25) is 4.79 Å². The standard InChI is InChI=1S/C14H12BrClN2O/c15-10-3-1-9(2-4-10)7-14(19)18-11-5-6-13(17)12(16)8-11/h1-6,8H,7,17H2,(H,18,19). The van der Waals surface area contributed by atoms with Gasteiger partial charge < -0.3 is 11.1 Å². The van der Waals surface area contributed by atoms with Crippen molar-refractivity contribution >= 4 is 44.8 Å². The van der Waals surface area contributed by atoms with Crippen LogP contribution in [-0.4, -0.2) is 5.91 Å². The van der Waals surface area contributed by atoms with E-state index < -0.39 is 0 Å². The number of hydrogen-bond donors (Lipinski definition) is 2. The predicted octanol–water partition coefficient (Wildman–Crippen LogP) is 3.87. The number of carbonyl (C=O) groups is 1. The Bertz CT molecular complexity index is 599. The van der Waals surface area contributed by atoms with Gasteiger partial charge in [0.05, 0.1) is 17.1 Å². The van der Waals surface area contributed by atoms with Gasteiger partial charge in [0.25, 0.3) is 0 Å². The number of hydrogen-bond acceptors (Lipinski definition) is 2. The average molecular weight is 340 g/mol. The fourth-order valence-electron chi connectivity index (χ4n) is 1.60. The summed E-state index contributed by atoms with van der Waals surface area (Å²) in [7, 11) is 0. The summed E-state index contributed by atoms with van der Waals surface area (Å²) < 4.78 is 0.988. The number of nitrogen functional groups attached to an aromatic ring is 1. The van der Waals surface area contributed by atoms with E-state index in [0.29, 0.717) is 22.8 Å². The highest BCUT2D eigenvalue weighted by molar-refractivity contribution is 9.10. The molecule has 1 amide bonds. The number of halogens is 2. The van der Waals surface area contributed by atoms with Crippen LogP contribution in [0.3, 0.4) is 0 Å². The molecule has 5 heteroatoms. The maximum atomic E-state index is 11.9. The van der Waals surface area contributed by atoms with E-state index in [-0.39, 0.29) is 5.91 Å². The summed E-state index contributed by atoms with van der Waals surface area (Å²) in [5.74, 6) is -0.0943. The number of carbonyl (C=O) groups excluding carboxylic acids is 1. The van der Waals surface area contributed by atoms with Crippen LogP contribution >= 0.6 is 27.5 Å². The zero-order chi connectivity index (χ0) is 13.8. The maximum Gasteiger partial charge on any atom is 0.228 e. The lowest BCUT2D eigenvalue weighted by molar-refractivity contribution is -0.115. The first kappa shape index (κ1) is 13.9. The first-order valence-electron chi connectivity index (χ1n) is 5.64. The van der Waals surface area contributed by atoms with E-state index in [0.717, 1.165) is 10.0 Å². The van der Waals surface area contributed by atoms with Gasteiger partial charge in [-0.15, -0.1) is 0 Å². The van der Waals surface area contributed by atoms with Crippen LogP contribution in [0.4, 0.5) is 11.4 Å². The SMILES string of the molecule is Nc1ccc(NC(=O)Cc2ccc(Br)cc2)cc1Cl. The molecule has 0 aliphatic rings. The highest BCUT2D eigenvalue weighted by atomic mass is 79.9. The lowest BCUT2D eigenvalue weighted by atomic mass is 10.1. The largest absolute Gasteiger partial charge is 0.398 e. The Balaban J connectivity index is 2.01. The fourth-order valence-corrected chi connectivity index (χ4v) is 2.04. The van der Waals surface area contributed by atoms with E-state index in [4.69, 9.17) is 17.3 Å². The van der Waals surface area contributed by atoms with Crippen molar-refractivity contribution in [2.45, 2.75) is 6.42 Å². The first-order valence-corrected chi connectivity index (χ1v) is 6.81. The van der Waals surface area contributed by atoms with Crippen molar-refractivity contribution < 1.29 is 4.79 Å². The van der Waals surface area contributed by atoms with Gasteiger partial charge in [-0.05, 0) is 35.9 Å². The average Bonchev–Trinajstić information content (AvgIpc) is 2.37. The molecule has 0 saturated carbocycles. The molecule has 0 spiro atoms. The highest BCUT2D eigenvalue weighted by Gasteiger charge is 2.05. The van der Waals surface area contributed by atoms with Gasteiger partial charge in [0, 0.05) is 10.2 Å². The van der Waals surface area contributed by atoms with Crippen molar-refractivity contribution in [2.75, 3.05) is 11.1 Å². The summed E-state index contributed by atoms with van der Waals surface area (Å²) >= 11 is 9.25. The van der Waals surface area contributed by atoms with Crippen molar-refractivity contribution in [3.8, 4) is 0 Å². The van der Waals surface area contributed by atoms with E-state index in [1.165, 1.54) is 0 Å². The molecule has 0 fully saturated rings. The van der Waals surface area contributed by atoms with Crippen LogP contribution in [0, 0.1) is 0 Å². The second kappa shape index (κ2) is 6.08. The van der Waals surface area contributed by atoms with Crippen LogP contribution in [0.1, 0.15) is 5.56 Å². The molecule has 0 aliphatic heterocycles. The Morgan fingerprint density at radius 3 is 2.53 bits per heavy atom. The monoisotopic (exact) mass is 338 g/mol. The first-order chi connectivity index (χ1) is 9.04. The molecule has 2 aromatic carbocycles. The molecule has 3 N–H and O–H groups in total. The Morgan fingerprint density at radius 1 is 1.21 bits per heavy atom. The van der Waals surface area contributed by atoms with Gasteiger partial charge in [0.2, 0.25) is 5.91 Å². The second-order valence-electron chi connectivity index (χ2n) is 4.09. The number of amides is 1. The third-order valence-electron chi connectivity index (χ3n) is 2.56. The van der Waals surface area contributed by atoms with Crippen molar-refractivity contribution in [3.05, 3.63) is 57.5 Å². The summed E-state index contributed by atoms with van der Waals surface area (Å²) in [6, 6.07) is 12.6. The summed E-state index contributed by atoms with van der Waals surface area (Å²) in [4.78, 5) is 11.9. The molecule has 0 bridgehead atoms. The van der Waals surface area contributed by atoms with Gasteiger partial charge in [-0.25, -0.2) is 0 Å². The quantitative estimate of drug-likeness (QED) is 0.834. The van der Waals surface area contributed by atoms with Crippen molar-refractivity contribution in [2.24, 2.45) is 0 Å². The number of rotatable bonds is 3. The summed E-state index contributed by atoms with van der Waals surface area (Å²) in [6.45, 7) is 0. The number of nitrogens with two attached hydrogens (primary N) is 1. The maximum absolute atomic E-state index is 11.9. The Kier molecular flexibility index (Phi) is 4.45. The van der Waals surface area contributed by atoms with Crippen molar-refractivity contribution in [3.63, 3.8) is 0 Å². The molecule has 2 rings (SSSR count). The normalized spacial score (nSPS) is 10.2. The minimum Gasteiger partial charge on any atom is -0.398 e. The van der Waals surface area contributed by atoms with Crippen LogP contribution in [-0.2, 0) is 11.2 Å². The van der Waals surface area contributed by atoms with Crippen molar-refractivity contribution in [1.29, 1.82) is 0 Å². The van der Waals surface area contributed by atoms with Gasteiger partial charge in [-0.1, -0.05) is 39.7 Å². The minimum atomic E-state index is -0.0943. The molecule has 98 valence electrons. The molecule has 0 heterocycles. The lowest BCUT2D eigenvalue weighted by Gasteiger charge is -2.07. The van der Waals surface area contributed by atoms with Crippen LogP contribution in [0.5, 0.6) is 0 Å². The predicted molar refractivity (Wildman–Crippen MR) is 82.3 cm³/mol. The van der Waals surface area contributed by atoms with Crippen LogP contribution in [0.2, 0.25) is 5.02 Å².